The van der Waals surface area contributed by atoms with Gasteiger partial charge in [0.25, 0.3) is 0 Å². The number of hydrogen-bond donors (Lipinski definition) is 2. The molecule has 3 fully saturated rings. The molecule has 0 unspecified atom stereocenters. The number of rotatable bonds is 2. The standard InChI is InChI=1S/C6H10BIO2/c8-6-1-5(2-6,3-6)4-7(9)10/h9-10H,1-4H2. The fraction of sp³-hybridized carbons (Fsp3) is 1.00. The van der Waals surface area contributed by atoms with Crippen LogP contribution in [0.2, 0.25) is 6.32 Å². The Balaban J connectivity index is 1.87. The minimum Gasteiger partial charge on any atom is -0.427 e. The average molecular weight is 252 g/mol. The van der Waals surface area contributed by atoms with Gasteiger partial charge >= 0.3 is 7.12 Å². The Bertz CT molecular complexity index is 151. The fourth-order valence-electron chi connectivity index (χ4n) is 2.46. The summed E-state index contributed by atoms with van der Waals surface area (Å²) in [5.41, 5.74) is 0.343. The summed E-state index contributed by atoms with van der Waals surface area (Å²) in [7, 11) is -1.08. The second-order valence-corrected chi connectivity index (χ2v) is 6.15. The van der Waals surface area contributed by atoms with Crippen LogP contribution < -0.4 is 0 Å². The van der Waals surface area contributed by atoms with Gasteiger partial charge in [-0.1, -0.05) is 22.6 Å². The molecular formula is C6H10BIO2. The maximum atomic E-state index is 8.71. The Kier molecular flexibility index (Phi) is 1.40. The molecule has 3 rings (SSSR count). The van der Waals surface area contributed by atoms with Gasteiger partial charge in [0.05, 0.1) is 0 Å². The lowest BCUT2D eigenvalue weighted by Gasteiger charge is -2.68. The van der Waals surface area contributed by atoms with Crippen LogP contribution >= 0.6 is 22.6 Å². The highest BCUT2D eigenvalue weighted by Crippen LogP contribution is 2.73. The molecule has 3 saturated carbocycles. The monoisotopic (exact) mass is 252 g/mol. The van der Waals surface area contributed by atoms with Crippen LogP contribution in [0.25, 0.3) is 0 Å². The molecule has 0 saturated heterocycles. The molecule has 0 radical (unpaired) electrons. The molecule has 0 heterocycles. The fourth-order valence-corrected chi connectivity index (χ4v) is 4.89. The number of hydrogen-bond acceptors (Lipinski definition) is 2. The molecule has 0 aliphatic heterocycles. The van der Waals surface area contributed by atoms with Gasteiger partial charge in [-0.3, -0.25) is 0 Å². The van der Waals surface area contributed by atoms with E-state index >= 15 is 0 Å². The summed E-state index contributed by atoms with van der Waals surface area (Å²) in [6, 6.07) is 0. The molecular weight excluding hydrogens is 242 g/mol. The van der Waals surface area contributed by atoms with Crippen LogP contribution in [0.15, 0.2) is 0 Å². The van der Waals surface area contributed by atoms with E-state index in [0.29, 0.717) is 15.2 Å². The van der Waals surface area contributed by atoms with E-state index in [1.54, 1.807) is 0 Å². The van der Waals surface area contributed by atoms with Gasteiger partial charge in [-0.2, -0.15) is 0 Å². The van der Waals surface area contributed by atoms with Crippen molar-refractivity contribution in [2.24, 2.45) is 5.41 Å². The van der Waals surface area contributed by atoms with Crippen LogP contribution in [-0.2, 0) is 0 Å². The minimum atomic E-state index is -1.08. The summed E-state index contributed by atoms with van der Waals surface area (Å²) >= 11 is 2.49. The van der Waals surface area contributed by atoms with Gasteiger partial charge in [0.1, 0.15) is 0 Å². The van der Waals surface area contributed by atoms with Crippen LogP contribution in [0.1, 0.15) is 19.3 Å². The SMILES string of the molecule is OB(O)CC12CC(I)(C1)C2. The van der Waals surface area contributed by atoms with E-state index in [2.05, 4.69) is 22.6 Å². The highest BCUT2D eigenvalue weighted by Gasteiger charge is 2.66. The molecule has 2 nitrogen and oxygen atoms in total. The van der Waals surface area contributed by atoms with Gasteiger partial charge in [-0.25, -0.2) is 0 Å². The highest BCUT2D eigenvalue weighted by molar-refractivity contribution is 14.1. The average Bonchev–Trinajstić information content (AvgIpc) is 1.56. The Morgan fingerprint density at radius 3 is 2.10 bits per heavy atom. The second kappa shape index (κ2) is 1.90. The van der Waals surface area contributed by atoms with Gasteiger partial charge in [0, 0.05) is 3.42 Å². The molecule has 56 valence electrons. The lowest BCUT2D eigenvalue weighted by atomic mass is 9.39. The summed E-state index contributed by atoms with van der Waals surface area (Å²) in [6.45, 7) is 0. The zero-order valence-corrected chi connectivity index (χ0v) is 7.84. The van der Waals surface area contributed by atoms with Crippen molar-refractivity contribution < 1.29 is 10.0 Å². The zero-order chi connectivity index (χ0) is 7.41. The van der Waals surface area contributed by atoms with E-state index in [-0.39, 0.29) is 0 Å². The Labute approximate surface area is 74.3 Å². The summed E-state index contributed by atoms with van der Waals surface area (Å²) in [4.78, 5) is 0. The van der Waals surface area contributed by atoms with E-state index in [1.807, 2.05) is 0 Å². The Morgan fingerprint density at radius 1 is 1.30 bits per heavy atom. The van der Waals surface area contributed by atoms with E-state index in [4.69, 9.17) is 10.0 Å². The molecule has 2 bridgehead atoms. The minimum absolute atomic E-state index is 0.343. The predicted octanol–water partition coefficient (Wildman–Crippen LogP) is 0.817. The van der Waals surface area contributed by atoms with Crippen molar-refractivity contribution in [3.63, 3.8) is 0 Å². The normalized spacial score (nSPS) is 49.5. The maximum absolute atomic E-state index is 8.71. The Morgan fingerprint density at radius 2 is 1.80 bits per heavy atom. The van der Waals surface area contributed by atoms with Gasteiger partial charge in [0.2, 0.25) is 0 Å². The first-order valence-electron chi connectivity index (χ1n) is 3.59. The molecule has 0 spiro atoms. The molecule has 0 atom stereocenters. The van der Waals surface area contributed by atoms with Crippen LogP contribution in [0.5, 0.6) is 0 Å². The van der Waals surface area contributed by atoms with Crippen molar-refractivity contribution in [3.05, 3.63) is 0 Å². The topological polar surface area (TPSA) is 40.5 Å². The van der Waals surface area contributed by atoms with E-state index in [1.165, 1.54) is 19.3 Å². The van der Waals surface area contributed by atoms with Crippen LogP contribution in [0, 0.1) is 5.41 Å². The van der Waals surface area contributed by atoms with E-state index < -0.39 is 7.12 Å². The van der Waals surface area contributed by atoms with Crippen LogP contribution in [-0.4, -0.2) is 20.6 Å². The first kappa shape index (κ1) is 7.37. The first-order chi connectivity index (χ1) is 4.54. The Hall–Kier alpha value is 0.715. The zero-order valence-electron chi connectivity index (χ0n) is 5.68. The largest absolute Gasteiger partial charge is 0.451 e. The molecule has 10 heavy (non-hydrogen) atoms. The molecule has 3 aliphatic rings. The van der Waals surface area contributed by atoms with Crippen molar-refractivity contribution in [2.75, 3.05) is 0 Å². The lowest BCUT2D eigenvalue weighted by molar-refractivity contribution is -0.0477. The summed E-state index contributed by atoms with van der Waals surface area (Å²) in [5.74, 6) is 0. The highest BCUT2D eigenvalue weighted by atomic mass is 127. The van der Waals surface area contributed by atoms with Crippen molar-refractivity contribution in [3.8, 4) is 0 Å². The number of halogens is 1. The molecule has 0 aromatic rings. The van der Waals surface area contributed by atoms with Crippen molar-refractivity contribution in [2.45, 2.75) is 29.0 Å². The van der Waals surface area contributed by atoms with Crippen molar-refractivity contribution in [1.82, 2.24) is 0 Å². The quantitative estimate of drug-likeness (QED) is 0.434. The van der Waals surface area contributed by atoms with E-state index in [0.717, 1.165) is 0 Å². The van der Waals surface area contributed by atoms with Crippen LogP contribution in [0.3, 0.4) is 0 Å². The third-order valence-electron chi connectivity index (χ3n) is 2.69. The first-order valence-corrected chi connectivity index (χ1v) is 4.67. The smallest absolute Gasteiger partial charge is 0.427 e. The third-order valence-corrected chi connectivity index (χ3v) is 3.84. The summed E-state index contributed by atoms with van der Waals surface area (Å²) in [5, 5.41) is 17.4. The molecule has 0 aromatic carbocycles. The molecule has 4 heteroatoms. The van der Waals surface area contributed by atoms with E-state index in [9.17, 15) is 0 Å². The maximum Gasteiger partial charge on any atom is 0.451 e. The molecule has 2 N–H and O–H groups in total. The van der Waals surface area contributed by atoms with Crippen molar-refractivity contribution >= 4 is 29.7 Å². The molecule has 3 aliphatic carbocycles. The van der Waals surface area contributed by atoms with Gasteiger partial charge < -0.3 is 10.0 Å². The second-order valence-electron chi connectivity index (χ2n) is 3.87. The number of alkyl halides is 1. The molecule has 0 aromatic heterocycles. The van der Waals surface area contributed by atoms with Gasteiger partial charge in [-0.05, 0) is 31.0 Å². The summed E-state index contributed by atoms with van der Waals surface area (Å²) in [6.07, 6.45) is 4.21. The predicted molar refractivity (Wildman–Crippen MR) is 48.0 cm³/mol. The lowest BCUT2D eigenvalue weighted by Crippen LogP contribution is -2.63. The molecule has 0 amide bonds. The van der Waals surface area contributed by atoms with Crippen molar-refractivity contribution in [1.29, 1.82) is 0 Å². The van der Waals surface area contributed by atoms with Crippen LogP contribution in [0.4, 0.5) is 0 Å². The summed E-state index contributed by atoms with van der Waals surface area (Å²) < 4.78 is 0.562. The van der Waals surface area contributed by atoms with Gasteiger partial charge in [-0.15, -0.1) is 0 Å². The third kappa shape index (κ3) is 0.922. The van der Waals surface area contributed by atoms with Gasteiger partial charge in [0.15, 0.2) is 0 Å².